The molecule has 0 heterocycles. The van der Waals surface area contributed by atoms with E-state index in [1.165, 1.54) is 12.2 Å². The summed E-state index contributed by atoms with van der Waals surface area (Å²) in [5.41, 5.74) is 5.46. The Balaban J connectivity index is 4.17. The molecule has 0 radical (unpaired) electrons. The van der Waals surface area contributed by atoms with E-state index in [0.29, 0.717) is 13.2 Å². The van der Waals surface area contributed by atoms with Crippen molar-refractivity contribution in [1.82, 2.24) is 0 Å². The number of hydrogen-bond donors (Lipinski definition) is 1. The van der Waals surface area contributed by atoms with E-state index in [-0.39, 0.29) is 5.57 Å². The average Bonchev–Trinajstić information content (AvgIpc) is 2.40. The third-order valence-corrected chi connectivity index (χ3v) is 2.29. The maximum atomic E-state index is 11.5. The minimum absolute atomic E-state index is 0.142. The van der Waals surface area contributed by atoms with E-state index >= 15 is 0 Å². The number of ether oxygens (including phenoxy) is 2. The van der Waals surface area contributed by atoms with Gasteiger partial charge in [0.15, 0.2) is 0 Å². The van der Waals surface area contributed by atoms with Crippen molar-refractivity contribution in [3.8, 4) is 0 Å². The van der Waals surface area contributed by atoms with E-state index in [1.807, 2.05) is 13.8 Å². The predicted octanol–water partition coefficient (Wildman–Crippen LogP) is 2.07. The monoisotopic (exact) mass is 269 g/mol. The molecule has 0 saturated heterocycles. The molecule has 0 aromatic rings. The fourth-order valence-electron chi connectivity index (χ4n) is 1.11. The highest BCUT2D eigenvalue weighted by Gasteiger charge is 2.07. The van der Waals surface area contributed by atoms with Crippen LogP contribution in [0.2, 0.25) is 0 Å². The topological polar surface area (TPSA) is 78.6 Å². The molecule has 0 aliphatic rings. The zero-order chi connectivity index (χ0) is 14.5. The Morgan fingerprint density at radius 3 is 2.11 bits per heavy atom. The van der Waals surface area contributed by atoms with Crippen molar-refractivity contribution in [3.05, 3.63) is 23.9 Å². The molecular formula is C14H23NO4. The molecule has 2 N–H and O–H groups in total. The largest absolute Gasteiger partial charge is 0.463 e. The lowest BCUT2D eigenvalue weighted by Gasteiger charge is -2.04. The standard InChI is InChI=1S/C14H23NO4/c1-3-5-9-18-13(16)8-7-12(11-15)14(17)19-10-6-4-2/h7-8,11H,3-6,9-10,15H2,1-2H3. The van der Waals surface area contributed by atoms with Gasteiger partial charge >= 0.3 is 11.9 Å². The first-order valence-corrected chi connectivity index (χ1v) is 6.59. The highest BCUT2D eigenvalue weighted by Crippen LogP contribution is 2.01. The second kappa shape index (κ2) is 11.3. The molecule has 108 valence electrons. The molecule has 0 rings (SSSR count). The summed E-state index contributed by atoms with van der Waals surface area (Å²) in [4.78, 5) is 22.8. The summed E-state index contributed by atoms with van der Waals surface area (Å²) in [5, 5.41) is 0. The zero-order valence-corrected chi connectivity index (χ0v) is 11.7. The van der Waals surface area contributed by atoms with E-state index in [2.05, 4.69) is 0 Å². The minimum atomic E-state index is -0.534. The number of rotatable bonds is 9. The molecule has 0 aromatic carbocycles. The lowest BCUT2D eigenvalue weighted by atomic mass is 10.2. The van der Waals surface area contributed by atoms with Crippen molar-refractivity contribution in [2.24, 2.45) is 5.73 Å². The summed E-state index contributed by atoms with van der Waals surface area (Å²) in [7, 11) is 0. The van der Waals surface area contributed by atoms with Crippen LogP contribution in [0.5, 0.6) is 0 Å². The van der Waals surface area contributed by atoms with Crippen molar-refractivity contribution in [3.63, 3.8) is 0 Å². The normalized spacial score (nSPS) is 11.6. The molecule has 0 spiro atoms. The smallest absolute Gasteiger partial charge is 0.339 e. The third-order valence-electron chi connectivity index (χ3n) is 2.29. The molecule has 5 nitrogen and oxygen atoms in total. The Labute approximate surface area is 114 Å². The second-order valence-electron chi connectivity index (χ2n) is 3.97. The van der Waals surface area contributed by atoms with Crippen LogP contribution >= 0.6 is 0 Å². The molecule has 0 saturated carbocycles. The molecule has 0 aliphatic heterocycles. The molecule has 19 heavy (non-hydrogen) atoms. The first kappa shape index (κ1) is 17.2. The quantitative estimate of drug-likeness (QED) is 0.300. The van der Waals surface area contributed by atoms with Crippen LogP contribution in [-0.4, -0.2) is 25.2 Å². The lowest BCUT2D eigenvalue weighted by Crippen LogP contribution is -2.10. The first-order chi connectivity index (χ1) is 9.15. The van der Waals surface area contributed by atoms with Crippen LogP contribution in [0.25, 0.3) is 0 Å². The van der Waals surface area contributed by atoms with Gasteiger partial charge in [0.1, 0.15) is 0 Å². The Morgan fingerprint density at radius 2 is 1.58 bits per heavy atom. The van der Waals surface area contributed by atoms with Gasteiger partial charge in [0, 0.05) is 12.3 Å². The molecule has 0 atom stereocenters. The first-order valence-electron chi connectivity index (χ1n) is 6.59. The van der Waals surface area contributed by atoms with E-state index in [1.54, 1.807) is 0 Å². The summed E-state index contributed by atoms with van der Waals surface area (Å²) < 4.78 is 9.89. The average molecular weight is 269 g/mol. The molecule has 0 amide bonds. The van der Waals surface area contributed by atoms with E-state index < -0.39 is 11.9 Å². The fourth-order valence-corrected chi connectivity index (χ4v) is 1.11. The molecule has 0 unspecified atom stereocenters. The van der Waals surface area contributed by atoms with Crippen LogP contribution in [0, 0.1) is 0 Å². The van der Waals surface area contributed by atoms with Gasteiger partial charge in [0.05, 0.1) is 18.8 Å². The number of carbonyl (C=O) groups excluding carboxylic acids is 2. The van der Waals surface area contributed by atoms with Crippen molar-refractivity contribution >= 4 is 11.9 Å². The van der Waals surface area contributed by atoms with Gasteiger partial charge in [-0.25, -0.2) is 9.59 Å². The van der Waals surface area contributed by atoms with Crippen LogP contribution in [0.15, 0.2) is 23.9 Å². The molecule has 0 aliphatic carbocycles. The van der Waals surface area contributed by atoms with Crippen molar-refractivity contribution in [1.29, 1.82) is 0 Å². The van der Waals surface area contributed by atoms with Crippen LogP contribution in [0.4, 0.5) is 0 Å². The highest BCUT2D eigenvalue weighted by atomic mass is 16.5. The van der Waals surface area contributed by atoms with Gasteiger partial charge in [0.25, 0.3) is 0 Å². The Bertz CT molecular complexity index is 334. The lowest BCUT2D eigenvalue weighted by molar-refractivity contribution is -0.138. The summed E-state index contributed by atoms with van der Waals surface area (Å²) in [6.45, 7) is 4.73. The van der Waals surface area contributed by atoms with Gasteiger partial charge in [-0.05, 0) is 18.9 Å². The van der Waals surface area contributed by atoms with Gasteiger partial charge in [-0.2, -0.15) is 0 Å². The van der Waals surface area contributed by atoms with Crippen molar-refractivity contribution < 1.29 is 19.1 Å². The van der Waals surface area contributed by atoms with Crippen molar-refractivity contribution in [2.45, 2.75) is 39.5 Å². The number of hydrogen-bond acceptors (Lipinski definition) is 5. The molecule has 0 aromatic heterocycles. The second-order valence-corrected chi connectivity index (χ2v) is 3.97. The number of unbranched alkanes of at least 4 members (excludes halogenated alkanes) is 2. The van der Waals surface area contributed by atoms with Crippen LogP contribution in [-0.2, 0) is 19.1 Å². The molecule has 0 fully saturated rings. The summed E-state index contributed by atoms with van der Waals surface area (Å²) in [5.74, 6) is -1.03. The zero-order valence-electron chi connectivity index (χ0n) is 11.7. The number of esters is 2. The number of nitrogens with two attached hydrogens (primary N) is 1. The van der Waals surface area contributed by atoms with E-state index in [9.17, 15) is 9.59 Å². The Hall–Kier alpha value is -1.78. The molecular weight excluding hydrogens is 246 g/mol. The van der Waals surface area contributed by atoms with Crippen LogP contribution in [0.1, 0.15) is 39.5 Å². The van der Waals surface area contributed by atoms with Crippen molar-refractivity contribution in [2.75, 3.05) is 13.2 Å². The maximum absolute atomic E-state index is 11.5. The van der Waals surface area contributed by atoms with Gasteiger partial charge in [0.2, 0.25) is 0 Å². The maximum Gasteiger partial charge on any atom is 0.339 e. The minimum Gasteiger partial charge on any atom is -0.463 e. The van der Waals surface area contributed by atoms with E-state index in [0.717, 1.165) is 31.9 Å². The predicted molar refractivity (Wildman–Crippen MR) is 73.1 cm³/mol. The van der Waals surface area contributed by atoms with Gasteiger partial charge < -0.3 is 15.2 Å². The van der Waals surface area contributed by atoms with Gasteiger partial charge in [-0.3, -0.25) is 0 Å². The Kier molecular flexibility index (Phi) is 10.3. The molecule has 0 bridgehead atoms. The van der Waals surface area contributed by atoms with Crippen LogP contribution in [0.3, 0.4) is 0 Å². The highest BCUT2D eigenvalue weighted by molar-refractivity contribution is 5.93. The summed E-state index contributed by atoms with van der Waals surface area (Å²) in [6, 6.07) is 0. The summed E-state index contributed by atoms with van der Waals surface area (Å²) in [6.07, 6.45) is 7.11. The van der Waals surface area contributed by atoms with Gasteiger partial charge in [-0.15, -0.1) is 0 Å². The van der Waals surface area contributed by atoms with E-state index in [4.69, 9.17) is 15.2 Å². The fraction of sp³-hybridized carbons (Fsp3) is 0.571. The van der Waals surface area contributed by atoms with Crippen LogP contribution < -0.4 is 5.73 Å². The third kappa shape index (κ3) is 8.88. The van der Waals surface area contributed by atoms with Gasteiger partial charge in [-0.1, -0.05) is 26.7 Å². The Morgan fingerprint density at radius 1 is 1.00 bits per heavy atom. The number of carbonyl (C=O) groups is 2. The summed E-state index contributed by atoms with van der Waals surface area (Å²) >= 11 is 0. The molecule has 5 heteroatoms. The SMILES string of the molecule is CCCCOC(=O)C=CC(=CN)C(=O)OCCCC.